The molecule has 0 spiro atoms. The van der Waals surface area contributed by atoms with Crippen molar-refractivity contribution in [2.45, 2.75) is 12.3 Å². The van der Waals surface area contributed by atoms with E-state index in [0.29, 0.717) is 11.4 Å². The van der Waals surface area contributed by atoms with Gasteiger partial charge in [0.25, 0.3) is 0 Å². The molecule has 0 saturated carbocycles. The molecule has 1 atom stereocenters. The van der Waals surface area contributed by atoms with Gasteiger partial charge in [0.2, 0.25) is 0 Å². The SMILES string of the molecule is Fc1ccc(Cl)c(CC(CBr)c2cccc(Br)c2)c1. The molecule has 0 heterocycles. The van der Waals surface area contributed by atoms with Crippen molar-refractivity contribution in [2.24, 2.45) is 0 Å². The Morgan fingerprint density at radius 2 is 1.95 bits per heavy atom. The highest BCUT2D eigenvalue weighted by atomic mass is 79.9. The van der Waals surface area contributed by atoms with Crippen molar-refractivity contribution in [1.82, 2.24) is 0 Å². The molecule has 0 nitrogen and oxygen atoms in total. The second-order valence-corrected chi connectivity index (χ2v) is 6.32. The molecule has 4 heteroatoms. The average molecular weight is 407 g/mol. The van der Waals surface area contributed by atoms with Gasteiger partial charge >= 0.3 is 0 Å². The Balaban J connectivity index is 2.26. The maximum absolute atomic E-state index is 13.3. The van der Waals surface area contributed by atoms with E-state index < -0.39 is 0 Å². The molecule has 0 aliphatic rings. The number of rotatable bonds is 4. The van der Waals surface area contributed by atoms with Crippen LogP contribution in [-0.2, 0) is 6.42 Å². The molecule has 0 saturated heterocycles. The van der Waals surface area contributed by atoms with E-state index in [9.17, 15) is 4.39 Å². The standard InChI is InChI=1S/C15H12Br2ClF/c16-9-12(10-2-1-3-13(17)7-10)6-11-8-14(19)4-5-15(11)18/h1-5,7-8,12H,6,9H2. The van der Waals surface area contributed by atoms with Gasteiger partial charge in [0.05, 0.1) is 0 Å². The van der Waals surface area contributed by atoms with Crippen LogP contribution < -0.4 is 0 Å². The van der Waals surface area contributed by atoms with Crippen molar-refractivity contribution in [2.75, 3.05) is 5.33 Å². The number of hydrogen-bond donors (Lipinski definition) is 0. The lowest BCUT2D eigenvalue weighted by molar-refractivity contribution is 0.623. The first-order chi connectivity index (χ1) is 9.10. The fourth-order valence-electron chi connectivity index (χ4n) is 1.99. The van der Waals surface area contributed by atoms with Crippen LogP contribution in [0.2, 0.25) is 5.02 Å². The number of benzene rings is 2. The van der Waals surface area contributed by atoms with E-state index in [4.69, 9.17) is 11.6 Å². The number of hydrogen-bond acceptors (Lipinski definition) is 0. The quantitative estimate of drug-likeness (QED) is 0.550. The molecule has 19 heavy (non-hydrogen) atoms. The van der Waals surface area contributed by atoms with Crippen LogP contribution in [0.3, 0.4) is 0 Å². The third kappa shape index (κ3) is 4.04. The van der Waals surface area contributed by atoms with E-state index in [1.807, 2.05) is 12.1 Å². The molecule has 0 bridgehead atoms. The highest BCUT2D eigenvalue weighted by molar-refractivity contribution is 9.10. The van der Waals surface area contributed by atoms with Gasteiger partial charge in [-0.2, -0.15) is 0 Å². The Hall–Kier alpha value is -0.380. The first kappa shape index (κ1) is 15.0. The molecule has 0 aliphatic heterocycles. The zero-order valence-corrected chi connectivity index (χ0v) is 14.0. The summed E-state index contributed by atoms with van der Waals surface area (Å²) in [7, 11) is 0. The Kier molecular flexibility index (Phi) is 5.43. The van der Waals surface area contributed by atoms with Crippen LogP contribution in [-0.4, -0.2) is 5.33 Å². The number of alkyl halides is 1. The molecule has 0 radical (unpaired) electrons. The first-order valence-corrected chi connectivity index (χ1v) is 8.14. The zero-order chi connectivity index (χ0) is 13.8. The minimum atomic E-state index is -0.248. The smallest absolute Gasteiger partial charge is 0.123 e. The fourth-order valence-corrected chi connectivity index (χ4v) is 3.20. The summed E-state index contributed by atoms with van der Waals surface area (Å²) in [5.41, 5.74) is 2.04. The Morgan fingerprint density at radius 3 is 2.63 bits per heavy atom. The molecule has 1 unspecified atom stereocenters. The Bertz CT molecular complexity index is 572. The second kappa shape index (κ2) is 6.87. The van der Waals surface area contributed by atoms with Crippen LogP contribution in [0, 0.1) is 5.82 Å². The molecule has 0 aromatic heterocycles. The summed E-state index contributed by atoms with van der Waals surface area (Å²) >= 11 is 13.1. The highest BCUT2D eigenvalue weighted by Gasteiger charge is 2.14. The van der Waals surface area contributed by atoms with Crippen LogP contribution in [0.15, 0.2) is 46.9 Å². The van der Waals surface area contributed by atoms with Crippen molar-refractivity contribution < 1.29 is 4.39 Å². The van der Waals surface area contributed by atoms with Gasteiger partial charge in [-0.15, -0.1) is 0 Å². The third-order valence-corrected chi connectivity index (χ3v) is 4.62. The largest absolute Gasteiger partial charge is 0.207 e. The molecule has 2 rings (SSSR count). The van der Waals surface area contributed by atoms with Crippen LogP contribution in [0.25, 0.3) is 0 Å². The lowest BCUT2D eigenvalue weighted by atomic mass is 9.94. The van der Waals surface area contributed by atoms with Crippen molar-refractivity contribution >= 4 is 43.5 Å². The summed E-state index contributed by atoms with van der Waals surface area (Å²) in [4.78, 5) is 0. The molecule has 0 N–H and O–H groups in total. The van der Waals surface area contributed by atoms with E-state index >= 15 is 0 Å². The van der Waals surface area contributed by atoms with E-state index in [-0.39, 0.29) is 11.7 Å². The van der Waals surface area contributed by atoms with E-state index in [1.54, 1.807) is 6.07 Å². The van der Waals surface area contributed by atoms with E-state index in [2.05, 4.69) is 44.0 Å². The van der Waals surface area contributed by atoms with Crippen molar-refractivity contribution in [3.63, 3.8) is 0 Å². The van der Waals surface area contributed by atoms with Crippen molar-refractivity contribution in [3.05, 3.63) is 68.9 Å². The van der Waals surface area contributed by atoms with Crippen LogP contribution >= 0.6 is 43.5 Å². The van der Waals surface area contributed by atoms with Gasteiger partial charge in [-0.1, -0.05) is 55.6 Å². The Labute approximate surface area is 134 Å². The minimum absolute atomic E-state index is 0.248. The molecular weight excluding hydrogens is 394 g/mol. The number of halogens is 4. The van der Waals surface area contributed by atoms with Crippen LogP contribution in [0.4, 0.5) is 4.39 Å². The lowest BCUT2D eigenvalue weighted by Crippen LogP contribution is -2.05. The molecule has 0 fully saturated rings. The molecule has 100 valence electrons. The highest BCUT2D eigenvalue weighted by Crippen LogP contribution is 2.28. The predicted molar refractivity (Wildman–Crippen MR) is 85.8 cm³/mol. The summed E-state index contributed by atoms with van der Waals surface area (Å²) in [6.07, 6.45) is 0.707. The fraction of sp³-hybridized carbons (Fsp3) is 0.200. The summed E-state index contributed by atoms with van der Waals surface area (Å²) in [6, 6.07) is 12.7. The monoisotopic (exact) mass is 404 g/mol. The lowest BCUT2D eigenvalue weighted by Gasteiger charge is -2.16. The average Bonchev–Trinajstić information content (AvgIpc) is 2.39. The molecule has 0 amide bonds. The summed E-state index contributed by atoms with van der Waals surface area (Å²) in [5, 5.41) is 1.42. The van der Waals surface area contributed by atoms with Gasteiger partial charge in [0.1, 0.15) is 5.82 Å². The summed E-state index contributed by atoms with van der Waals surface area (Å²) < 4.78 is 14.3. The Morgan fingerprint density at radius 1 is 1.16 bits per heavy atom. The van der Waals surface area contributed by atoms with Crippen LogP contribution in [0.1, 0.15) is 17.0 Å². The normalized spacial score (nSPS) is 12.4. The predicted octanol–water partition coefficient (Wildman–Crippen LogP) is 5.96. The van der Waals surface area contributed by atoms with Gasteiger partial charge in [0, 0.05) is 14.8 Å². The topological polar surface area (TPSA) is 0 Å². The van der Waals surface area contributed by atoms with Gasteiger partial charge in [0.15, 0.2) is 0 Å². The molecule has 2 aromatic carbocycles. The maximum atomic E-state index is 13.3. The maximum Gasteiger partial charge on any atom is 0.123 e. The van der Waals surface area contributed by atoms with Crippen LogP contribution in [0.5, 0.6) is 0 Å². The zero-order valence-electron chi connectivity index (χ0n) is 10.0. The van der Waals surface area contributed by atoms with Gasteiger partial charge < -0.3 is 0 Å². The van der Waals surface area contributed by atoms with Crippen molar-refractivity contribution in [1.29, 1.82) is 0 Å². The molecule has 2 aromatic rings. The van der Waals surface area contributed by atoms with Gasteiger partial charge in [-0.25, -0.2) is 4.39 Å². The summed E-state index contributed by atoms with van der Waals surface area (Å²) in [5.74, 6) is 0.0127. The molecular formula is C15H12Br2ClF. The van der Waals surface area contributed by atoms with Gasteiger partial charge in [-0.05, 0) is 53.8 Å². The van der Waals surface area contributed by atoms with Crippen molar-refractivity contribution in [3.8, 4) is 0 Å². The van der Waals surface area contributed by atoms with Gasteiger partial charge in [-0.3, -0.25) is 0 Å². The first-order valence-electron chi connectivity index (χ1n) is 5.85. The second-order valence-electron chi connectivity index (χ2n) is 4.35. The van der Waals surface area contributed by atoms with E-state index in [0.717, 1.165) is 15.4 Å². The minimum Gasteiger partial charge on any atom is -0.207 e. The third-order valence-electron chi connectivity index (χ3n) is 2.98. The molecule has 0 aliphatic carbocycles. The summed E-state index contributed by atoms with van der Waals surface area (Å²) in [6.45, 7) is 0. The van der Waals surface area contributed by atoms with E-state index in [1.165, 1.54) is 17.7 Å².